The van der Waals surface area contributed by atoms with Gasteiger partial charge in [0.15, 0.2) is 0 Å². The van der Waals surface area contributed by atoms with Crippen LogP contribution in [0.3, 0.4) is 0 Å². The number of benzene rings is 2. The van der Waals surface area contributed by atoms with Crippen molar-refractivity contribution >= 4 is 40.2 Å². The smallest absolute Gasteiger partial charge is 0.206 e. The van der Waals surface area contributed by atoms with Crippen LogP contribution in [0.4, 0.5) is 5.95 Å². The molecule has 1 aromatic heterocycles. The monoisotopic (exact) mass is 302 g/mol. The van der Waals surface area contributed by atoms with E-state index in [2.05, 4.69) is 11.1 Å². The molecular formula is C14H8Cl2N4. The number of rotatable bonds is 1. The summed E-state index contributed by atoms with van der Waals surface area (Å²) in [6, 6.07) is 12.5. The lowest BCUT2D eigenvalue weighted by atomic mass is 10.2. The first-order valence-corrected chi connectivity index (χ1v) is 6.50. The summed E-state index contributed by atoms with van der Waals surface area (Å²) in [4.78, 5) is 4.25. The van der Waals surface area contributed by atoms with Gasteiger partial charge in [-0.3, -0.25) is 4.57 Å². The number of nitrogen functional groups attached to an aromatic ring is 1. The minimum Gasteiger partial charge on any atom is -0.369 e. The number of imidazole rings is 1. The van der Waals surface area contributed by atoms with E-state index < -0.39 is 0 Å². The van der Waals surface area contributed by atoms with Crippen LogP contribution in [0.1, 0.15) is 5.56 Å². The maximum atomic E-state index is 9.11. The predicted molar refractivity (Wildman–Crippen MR) is 80.2 cm³/mol. The van der Waals surface area contributed by atoms with Crippen molar-refractivity contribution in [1.82, 2.24) is 9.55 Å². The van der Waals surface area contributed by atoms with Crippen LogP contribution in [-0.2, 0) is 0 Å². The Kier molecular flexibility index (Phi) is 3.01. The standard InChI is InChI=1S/C14H8Cl2N4/c15-9-4-5-11(10(16)6-9)20-12-3-1-2-8(7-17)13(12)19-14(20)18/h1-6H,(H2,18,19). The van der Waals surface area contributed by atoms with E-state index in [0.717, 1.165) is 5.52 Å². The van der Waals surface area contributed by atoms with Crippen LogP contribution in [0.5, 0.6) is 0 Å². The molecule has 0 unspecified atom stereocenters. The van der Waals surface area contributed by atoms with E-state index in [1.807, 2.05) is 6.07 Å². The van der Waals surface area contributed by atoms with Crippen LogP contribution in [0.2, 0.25) is 10.0 Å². The topological polar surface area (TPSA) is 67.6 Å². The first-order chi connectivity index (χ1) is 9.61. The van der Waals surface area contributed by atoms with E-state index in [1.165, 1.54) is 0 Å². The molecule has 0 radical (unpaired) electrons. The Morgan fingerprint density at radius 2 is 2.00 bits per heavy atom. The second kappa shape index (κ2) is 4.71. The van der Waals surface area contributed by atoms with Crippen molar-refractivity contribution in [3.8, 4) is 11.8 Å². The van der Waals surface area contributed by atoms with Crippen molar-refractivity contribution in [2.24, 2.45) is 0 Å². The fraction of sp³-hybridized carbons (Fsp3) is 0. The number of aromatic nitrogens is 2. The van der Waals surface area contributed by atoms with Gasteiger partial charge in [-0.1, -0.05) is 29.3 Å². The van der Waals surface area contributed by atoms with Crippen LogP contribution >= 0.6 is 23.2 Å². The van der Waals surface area contributed by atoms with Gasteiger partial charge in [0.25, 0.3) is 0 Å². The maximum Gasteiger partial charge on any atom is 0.206 e. The molecule has 2 N–H and O–H groups in total. The van der Waals surface area contributed by atoms with Crippen LogP contribution in [0, 0.1) is 11.3 Å². The molecule has 98 valence electrons. The summed E-state index contributed by atoms with van der Waals surface area (Å²) in [5, 5.41) is 10.1. The van der Waals surface area contributed by atoms with Gasteiger partial charge in [-0.2, -0.15) is 5.26 Å². The molecule has 3 aromatic rings. The molecule has 0 aliphatic heterocycles. The number of hydrogen-bond acceptors (Lipinski definition) is 3. The Balaban J connectivity index is 2.37. The van der Waals surface area contributed by atoms with E-state index in [0.29, 0.717) is 26.8 Å². The molecule has 1 heterocycles. The zero-order chi connectivity index (χ0) is 14.3. The molecule has 0 saturated carbocycles. The van der Waals surface area contributed by atoms with Gasteiger partial charge in [-0.25, -0.2) is 4.98 Å². The predicted octanol–water partition coefficient (Wildman–Crippen LogP) is 3.79. The molecule has 0 fully saturated rings. The molecule has 4 nitrogen and oxygen atoms in total. The summed E-state index contributed by atoms with van der Waals surface area (Å²) < 4.78 is 1.70. The van der Waals surface area contributed by atoms with Crippen LogP contribution < -0.4 is 5.73 Å². The Morgan fingerprint density at radius 1 is 1.20 bits per heavy atom. The fourth-order valence-corrected chi connectivity index (χ4v) is 2.62. The first-order valence-electron chi connectivity index (χ1n) is 5.74. The lowest BCUT2D eigenvalue weighted by Crippen LogP contribution is -2.01. The minimum absolute atomic E-state index is 0.270. The highest BCUT2D eigenvalue weighted by atomic mass is 35.5. The van der Waals surface area contributed by atoms with Gasteiger partial charge in [0, 0.05) is 5.02 Å². The third kappa shape index (κ3) is 1.88. The van der Waals surface area contributed by atoms with E-state index in [1.54, 1.807) is 34.9 Å². The number of para-hydroxylation sites is 1. The molecule has 0 aliphatic carbocycles. The molecule has 0 aliphatic rings. The largest absolute Gasteiger partial charge is 0.369 e. The molecule has 0 bridgehead atoms. The van der Waals surface area contributed by atoms with Crippen molar-refractivity contribution in [2.75, 3.05) is 5.73 Å². The normalized spacial score (nSPS) is 10.7. The lowest BCUT2D eigenvalue weighted by molar-refractivity contribution is 1.11. The average molecular weight is 303 g/mol. The Labute approximate surface area is 125 Å². The van der Waals surface area contributed by atoms with Gasteiger partial charge < -0.3 is 5.73 Å². The molecule has 0 atom stereocenters. The summed E-state index contributed by atoms with van der Waals surface area (Å²) >= 11 is 12.1. The highest BCUT2D eigenvalue weighted by Gasteiger charge is 2.15. The molecule has 6 heteroatoms. The minimum atomic E-state index is 0.270. The van der Waals surface area contributed by atoms with Crippen LogP contribution in [0.15, 0.2) is 36.4 Å². The van der Waals surface area contributed by atoms with E-state index in [9.17, 15) is 0 Å². The van der Waals surface area contributed by atoms with Crippen LogP contribution in [0.25, 0.3) is 16.7 Å². The number of halogens is 2. The van der Waals surface area contributed by atoms with Crippen molar-refractivity contribution in [1.29, 1.82) is 5.26 Å². The summed E-state index contributed by atoms with van der Waals surface area (Å²) in [5.74, 6) is 0.270. The van der Waals surface area contributed by atoms with Gasteiger partial charge in [0.2, 0.25) is 5.95 Å². The van der Waals surface area contributed by atoms with Crippen molar-refractivity contribution in [3.63, 3.8) is 0 Å². The average Bonchev–Trinajstić information content (AvgIpc) is 2.75. The Bertz CT molecular complexity index is 861. The third-order valence-corrected chi connectivity index (χ3v) is 3.52. The number of nitriles is 1. The number of nitrogens with two attached hydrogens (primary N) is 1. The fourth-order valence-electron chi connectivity index (χ4n) is 2.12. The summed E-state index contributed by atoms with van der Waals surface area (Å²) in [6.07, 6.45) is 0. The molecule has 0 saturated heterocycles. The highest BCUT2D eigenvalue weighted by Crippen LogP contribution is 2.30. The van der Waals surface area contributed by atoms with Crippen molar-refractivity contribution in [2.45, 2.75) is 0 Å². The summed E-state index contributed by atoms with van der Waals surface area (Å²) in [6.45, 7) is 0. The molecular weight excluding hydrogens is 295 g/mol. The second-order valence-corrected chi connectivity index (χ2v) is 5.03. The molecule has 0 spiro atoms. The maximum absolute atomic E-state index is 9.11. The van der Waals surface area contributed by atoms with Gasteiger partial charge in [-0.15, -0.1) is 0 Å². The lowest BCUT2D eigenvalue weighted by Gasteiger charge is -2.09. The number of hydrogen-bond donors (Lipinski definition) is 1. The number of nitrogens with zero attached hydrogens (tertiary/aromatic N) is 3. The van der Waals surface area contributed by atoms with E-state index >= 15 is 0 Å². The van der Waals surface area contributed by atoms with Gasteiger partial charge >= 0.3 is 0 Å². The summed E-state index contributed by atoms with van der Waals surface area (Å²) in [5.41, 5.74) is 8.39. The van der Waals surface area contributed by atoms with Crippen molar-refractivity contribution < 1.29 is 0 Å². The quantitative estimate of drug-likeness (QED) is 0.743. The van der Waals surface area contributed by atoms with Crippen LogP contribution in [-0.4, -0.2) is 9.55 Å². The second-order valence-electron chi connectivity index (χ2n) is 4.19. The molecule has 0 amide bonds. The Morgan fingerprint density at radius 3 is 2.70 bits per heavy atom. The zero-order valence-corrected chi connectivity index (χ0v) is 11.7. The molecule has 3 rings (SSSR count). The van der Waals surface area contributed by atoms with Gasteiger partial charge in [0.05, 0.1) is 21.8 Å². The number of anilines is 1. The molecule has 20 heavy (non-hydrogen) atoms. The first kappa shape index (κ1) is 12.8. The van der Waals surface area contributed by atoms with E-state index in [-0.39, 0.29) is 5.95 Å². The van der Waals surface area contributed by atoms with Gasteiger partial charge in [0.1, 0.15) is 11.6 Å². The third-order valence-electron chi connectivity index (χ3n) is 2.98. The zero-order valence-electron chi connectivity index (χ0n) is 10.1. The Hall–Kier alpha value is -2.22. The van der Waals surface area contributed by atoms with Gasteiger partial charge in [-0.05, 0) is 30.3 Å². The van der Waals surface area contributed by atoms with E-state index in [4.69, 9.17) is 34.2 Å². The SMILES string of the molecule is N#Cc1cccc2c1nc(N)n2-c1ccc(Cl)cc1Cl. The number of fused-ring (bicyclic) bond motifs is 1. The summed E-state index contributed by atoms with van der Waals surface area (Å²) in [7, 11) is 0. The highest BCUT2D eigenvalue weighted by molar-refractivity contribution is 6.35. The van der Waals surface area contributed by atoms with Crippen molar-refractivity contribution in [3.05, 3.63) is 52.0 Å². The molecule has 2 aromatic carbocycles.